The zero-order chi connectivity index (χ0) is 14.8. The molecule has 4 heteroatoms. The molecule has 1 aromatic heterocycles. The van der Waals surface area contributed by atoms with Crippen LogP contribution >= 0.6 is 0 Å². The van der Waals surface area contributed by atoms with E-state index < -0.39 is 0 Å². The van der Waals surface area contributed by atoms with Gasteiger partial charge in [0, 0.05) is 5.56 Å². The highest BCUT2D eigenvalue weighted by molar-refractivity contribution is 5.75. The van der Waals surface area contributed by atoms with Crippen LogP contribution in [0.4, 0.5) is 10.2 Å². The molecule has 1 aliphatic heterocycles. The zero-order valence-electron chi connectivity index (χ0n) is 11.9. The maximum Gasteiger partial charge on any atom is 0.134 e. The van der Waals surface area contributed by atoms with Gasteiger partial charge >= 0.3 is 0 Å². The lowest BCUT2D eigenvalue weighted by Gasteiger charge is -2.16. The molecule has 0 saturated carbocycles. The number of allylic oxidation sites excluding steroid dienone is 1. The second-order valence-corrected chi connectivity index (χ2v) is 4.98. The van der Waals surface area contributed by atoms with Gasteiger partial charge in [0.2, 0.25) is 0 Å². The fourth-order valence-corrected chi connectivity index (χ4v) is 2.60. The van der Waals surface area contributed by atoms with Crippen LogP contribution in [-0.4, -0.2) is 11.6 Å². The summed E-state index contributed by atoms with van der Waals surface area (Å²) < 4.78 is 20.2. The van der Waals surface area contributed by atoms with Crippen LogP contribution in [0.3, 0.4) is 0 Å². The molecule has 0 amide bonds. The second kappa shape index (κ2) is 5.56. The predicted molar refractivity (Wildman–Crippen MR) is 81.8 cm³/mol. The van der Waals surface area contributed by atoms with E-state index in [1.807, 2.05) is 25.1 Å². The molecule has 2 heterocycles. The molecule has 108 valence electrons. The van der Waals surface area contributed by atoms with E-state index in [0.29, 0.717) is 30.2 Å². The smallest absolute Gasteiger partial charge is 0.134 e. The van der Waals surface area contributed by atoms with Crippen LogP contribution in [0.2, 0.25) is 0 Å². The van der Waals surface area contributed by atoms with E-state index in [1.165, 1.54) is 6.07 Å². The molecule has 3 rings (SSSR count). The number of aromatic nitrogens is 1. The second-order valence-electron chi connectivity index (χ2n) is 4.98. The Bertz CT molecular complexity index is 710. The van der Waals surface area contributed by atoms with Gasteiger partial charge in [-0.2, -0.15) is 0 Å². The van der Waals surface area contributed by atoms with Crippen molar-refractivity contribution in [3.63, 3.8) is 0 Å². The number of benzene rings is 1. The Morgan fingerprint density at radius 3 is 2.90 bits per heavy atom. The molecule has 0 radical (unpaired) electrons. The highest BCUT2D eigenvalue weighted by Crippen LogP contribution is 2.38. The molecule has 0 saturated heterocycles. The van der Waals surface area contributed by atoms with Crippen molar-refractivity contribution in [2.45, 2.75) is 19.8 Å². The molecule has 0 bridgehead atoms. The van der Waals surface area contributed by atoms with Gasteiger partial charge in [-0.1, -0.05) is 25.1 Å². The van der Waals surface area contributed by atoms with Crippen molar-refractivity contribution in [3.05, 3.63) is 53.5 Å². The molecule has 2 N–H and O–H groups in total. The molecule has 0 unspecified atom stereocenters. The van der Waals surface area contributed by atoms with Crippen molar-refractivity contribution in [1.82, 2.24) is 4.98 Å². The summed E-state index contributed by atoms with van der Waals surface area (Å²) in [6.07, 6.45) is 5.41. The van der Waals surface area contributed by atoms with Gasteiger partial charge in [0.25, 0.3) is 0 Å². The fourth-order valence-electron chi connectivity index (χ4n) is 2.60. The third-order valence-corrected chi connectivity index (χ3v) is 3.62. The Morgan fingerprint density at radius 1 is 1.24 bits per heavy atom. The molecule has 0 aliphatic carbocycles. The number of aryl methyl sites for hydroxylation is 1. The molecule has 1 aromatic carbocycles. The fraction of sp³-hybridized carbons (Fsp3) is 0.235. The number of hydrogen-bond donors (Lipinski definition) is 1. The van der Waals surface area contributed by atoms with Crippen LogP contribution in [0.25, 0.3) is 11.1 Å². The van der Waals surface area contributed by atoms with Crippen molar-refractivity contribution in [2.75, 3.05) is 12.3 Å². The van der Waals surface area contributed by atoms with Gasteiger partial charge in [-0.3, -0.25) is 0 Å². The van der Waals surface area contributed by atoms with Crippen LogP contribution < -0.4 is 10.5 Å². The van der Waals surface area contributed by atoms with Crippen LogP contribution in [0.1, 0.15) is 18.2 Å². The van der Waals surface area contributed by atoms with E-state index in [0.717, 1.165) is 23.2 Å². The van der Waals surface area contributed by atoms with Gasteiger partial charge in [-0.15, -0.1) is 0 Å². The number of hydrogen-bond acceptors (Lipinski definition) is 3. The van der Waals surface area contributed by atoms with Gasteiger partial charge in [-0.25, -0.2) is 9.37 Å². The standard InChI is InChI=1S/C17H17FN2O/c1-2-14-12(7-9-15(19)20-14)16-13(18)8-6-11-5-3-4-10-21-17(11)16/h3-4,6-9H,2,5,10H2,1H3,(H2,19,20). The number of anilines is 1. The van der Waals surface area contributed by atoms with Crippen LogP contribution in [0.15, 0.2) is 36.4 Å². The topological polar surface area (TPSA) is 48.1 Å². The Hall–Kier alpha value is -2.36. The normalized spacial score (nSPS) is 13.4. The van der Waals surface area contributed by atoms with Crippen molar-refractivity contribution < 1.29 is 9.13 Å². The SMILES string of the molecule is CCc1nc(N)ccc1-c1c(F)ccc2c1OCC=CC2. The molecule has 0 fully saturated rings. The Kier molecular flexibility index (Phi) is 3.60. The molecule has 0 spiro atoms. The lowest BCUT2D eigenvalue weighted by molar-refractivity contribution is 0.362. The summed E-state index contributed by atoms with van der Waals surface area (Å²) in [6, 6.07) is 6.79. The first-order valence-electron chi connectivity index (χ1n) is 7.05. The van der Waals surface area contributed by atoms with Gasteiger partial charge in [0.05, 0.1) is 11.3 Å². The number of rotatable bonds is 2. The summed E-state index contributed by atoms with van der Waals surface area (Å²) in [5.41, 5.74) is 8.74. The minimum absolute atomic E-state index is 0.295. The molecular weight excluding hydrogens is 267 g/mol. The van der Waals surface area contributed by atoms with Gasteiger partial charge < -0.3 is 10.5 Å². The van der Waals surface area contributed by atoms with Crippen LogP contribution in [0.5, 0.6) is 5.75 Å². The van der Waals surface area contributed by atoms with Crippen molar-refractivity contribution in [1.29, 1.82) is 0 Å². The third-order valence-electron chi connectivity index (χ3n) is 3.62. The van der Waals surface area contributed by atoms with Gasteiger partial charge in [0.1, 0.15) is 24.0 Å². The summed E-state index contributed by atoms with van der Waals surface area (Å²) in [6.45, 7) is 2.43. The molecule has 0 atom stereocenters. The minimum Gasteiger partial charge on any atom is -0.488 e. The summed E-state index contributed by atoms with van der Waals surface area (Å²) in [4.78, 5) is 4.32. The Labute approximate surface area is 123 Å². The van der Waals surface area contributed by atoms with E-state index in [9.17, 15) is 4.39 Å². The Balaban J connectivity index is 2.23. The maximum absolute atomic E-state index is 14.5. The summed E-state index contributed by atoms with van der Waals surface area (Å²) in [7, 11) is 0. The predicted octanol–water partition coefficient (Wildman–Crippen LogP) is 3.52. The number of nitrogens with two attached hydrogens (primary N) is 1. The first-order chi connectivity index (χ1) is 10.2. The van der Waals surface area contributed by atoms with Crippen molar-refractivity contribution >= 4 is 5.82 Å². The number of halogens is 1. The zero-order valence-corrected chi connectivity index (χ0v) is 11.9. The average Bonchev–Trinajstić information content (AvgIpc) is 2.73. The number of pyridine rings is 1. The number of fused-ring (bicyclic) bond motifs is 1. The van der Waals surface area contributed by atoms with Gasteiger partial charge in [-0.05, 0) is 36.6 Å². The molecule has 1 aliphatic rings. The first-order valence-corrected chi connectivity index (χ1v) is 7.05. The maximum atomic E-state index is 14.5. The Morgan fingerprint density at radius 2 is 2.10 bits per heavy atom. The molecule has 3 nitrogen and oxygen atoms in total. The monoisotopic (exact) mass is 284 g/mol. The number of nitrogen functional groups attached to an aromatic ring is 1. The van der Waals surface area contributed by atoms with Crippen molar-refractivity contribution in [3.8, 4) is 16.9 Å². The minimum atomic E-state index is -0.295. The molecule has 21 heavy (non-hydrogen) atoms. The van der Waals surface area contributed by atoms with Crippen LogP contribution in [0, 0.1) is 5.82 Å². The summed E-state index contributed by atoms with van der Waals surface area (Å²) >= 11 is 0. The highest BCUT2D eigenvalue weighted by Gasteiger charge is 2.20. The van der Waals surface area contributed by atoms with E-state index in [1.54, 1.807) is 12.1 Å². The first kappa shape index (κ1) is 13.6. The van der Waals surface area contributed by atoms with E-state index in [-0.39, 0.29) is 5.82 Å². The quantitative estimate of drug-likeness (QED) is 0.858. The van der Waals surface area contributed by atoms with Crippen LogP contribution in [-0.2, 0) is 12.8 Å². The van der Waals surface area contributed by atoms with E-state index in [4.69, 9.17) is 10.5 Å². The average molecular weight is 284 g/mol. The number of nitrogens with zero attached hydrogens (tertiary/aromatic N) is 1. The lowest BCUT2D eigenvalue weighted by Crippen LogP contribution is -2.03. The third kappa shape index (κ3) is 2.49. The molecular formula is C17H17FN2O. The summed E-state index contributed by atoms with van der Waals surface area (Å²) in [5, 5.41) is 0. The highest BCUT2D eigenvalue weighted by atomic mass is 19.1. The lowest BCUT2D eigenvalue weighted by atomic mass is 9.97. The van der Waals surface area contributed by atoms with Gasteiger partial charge in [0.15, 0.2) is 0 Å². The largest absolute Gasteiger partial charge is 0.488 e. The number of ether oxygens (including phenoxy) is 1. The van der Waals surface area contributed by atoms with Crippen molar-refractivity contribution in [2.24, 2.45) is 0 Å². The molecule has 2 aromatic rings. The van der Waals surface area contributed by atoms with E-state index in [2.05, 4.69) is 4.98 Å². The summed E-state index contributed by atoms with van der Waals surface area (Å²) in [5.74, 6) is 0.763. The van der Waals surface area contributed by atoms with E-state index >= 15 is 0 Å².